The molecule has 5 fully saturated rings. The average molecular weight is 635 g/mol. The number of esters is 1. The average Bonchev–Trinajstić information content (AvgIpc) is 3.40. The number of aliphatic hydroxyl groups is 1. The lowest BCUT2D eigenvalue weighted by Gasteiger charge is -2.73. The highest BCUT2D eigenvalue weighted by molar-refractivity contribution is 5.87. The van der Waals surface area contributed by atoms with Crippen molar-refractivity contribution in [2.45, 2.75) is 105 Å². The molecule has 5 aliphatic rings. The van der Waals surface area contributed by atoms with Gasteiger partial charge in [-0.25, -0.2) is 4.79 Å². The highest BCUT2D eigenvalue weighted by Crippen LogP contribution is 2.77. The molecule has 0 aromatic heterocycles. The molecule has 0 aliphatic heterocycles. The minimum absolute atomic E-state index is 0.0310. The van der Waals surface area contributed by atoms with E-state index in [0.717, 1.165) is 50.5 Å². The van der Waals surface area contributed by atoms with Crippen LogP contribution >= 0.6 is 0 Å². The number of allylic oxidation sites excluding steroid dienone is 1. The van der Waals surface area contributed by atoms with E-state index in [4.69, 9.17) is 4.74 Å². The van der Waals surface area contributed by atoms with Crippen LogP contribution in [-0.2, 0) is 14.3 Å². The van der Waals surface area contributed by atoms with Crippen LogP contribution in [0, 0.1) is 56.7 Å². The normalized spacial score (nSPS) is 42.7. The first-order valence-electron chi connectivity index (χ1n) is 17.5. The van der Waals surface area contributed by atoms with Crippen molar-refractivity contribution in [1.82, 2.24) is 0 Å². The summed E-state index contributed by atoms with van der Waals surface area (Å²) in [6.07, 6.45) is 11.1. The summed E-state index contributed by atoms with van der Waals surface area (Å²) in [5.41, 5.74) is 0.158. The van der Waals surface area contributed by atoms with Gasteiger partial charge >= 0.3 is 11.9 Å². The largest absolute Gasteiger partial charge is 0.504 e. The Bertz CT molecular complexity index is 1450. The Morgan fingerprint density at radius 3 is 2.35 bits per heavy atom. The highest BCUT2D eigenvalue weighted by Gasteiger charge is 2.73. The number of benzene rings is 1. The molecule has 5 saturated carbocycles. The number of fused-ring (bicyclic) bond motifs is 7. The molecule has 0 saturated heterocycles. The first kappa shape index (κ1) is 33.1. The summed E-state index contributed by atoms with van der Waals surface area (Å²) in [4.78, 5) is 26.5. The van der Waals surface area contributed by atoms with Crippen LogP contribution in [0.4, 0.5) is 0 Å². The molecule has 4 N–H and O–H groups in total. The fourth-order valence-electron chi connectivity index (χ4n) is 12.7. The van der Waals surface area contributed by atoms with Gasteiger partial charge < -0.3 is 25.2 Å². The number of carbonyl (C=O) groups is 2. The third-order valence-electron chi connectivity index (χ3n) is 15.0. The fourth-order valence-corrected chi connectivity index (χ4v) is 12.7. The number of aliphatic carboxylic acids is 1. The maximum atomic E-state index is 13.4. The molecule has 4 unspecified atom stereocenters. The van der Waals surface area contributed by atoms with Gasteiger partial charge in [-0.2, -0.15) is 0 Å². The summed E-state index contributed by atoms with van der Waals surface area (Å²) in [5.74, 6) is -0.683. The fraction of sp³-hybridized carbons (Fsp3) is 0.692. The smallest absolute Gasteiger partial charge is 0.330 e. The maximum Gasteiger partial charge on any atom is 0.330 e. The zero-order chi connectivity index (χ0) is 33.4. The molecule has 7 heteroatoms. The van der Waals surface area contributed by atoms with Crippen LogP contribution in [0.5, 0.6) is 11.5 Å². The number of hydrogen-bond acceptors (Lipinski definition) is 6. The number of phenolic OH excluding ortho intramolecular Hbond substituents is 2. The van der Waals surface area contributed by atoms with Gasteiger partial charge in [0.15, 0.2) is 11.5 Å². The van der Waals surface area contributed by atoms with E-state index >= 15 is 0 Å². The lowest BCUT2D eigenvalue weighted by atomic mass is 9.32. The summed E-state index contributed by atoms with van der Waals surface area (Å²) in [7, 11) is 0. The standard InChI is InChI=1S/C39H54O7/c1-23(2)25-13-18-38(34(44)45)19-20-39(22-46-32(43)12-8-24-7-10-27(40)28(41)21-24)26(33(25)38)9-11-30-36(5)16-15-31(42)35(3,4)29(36)14-17-37(30,39)6/h7-8,10,12,21,25-26,29-31,33,40-42H,1,9,11,13-20,22H2,2-6H3,(H,44,45)/b12-8+/t25-,26?,29?,30?,31-,33?,36-,37+,38-,39-/m0/s1. The molecule has 6 rings (SSSR count). The quantitative estimate of drug-likeness (QED) is 0.109. The van der Waals surface area contributed by atoms with Gasteiger partial charge in [0.05, 0.1) is 18.1 Å². The topological polar surface area (TPSA) is 124 Å². The first-order valence-corrected chi connectivity index (χ1v) is 17.5. The minimum Gasteiger partial charge on any atom is -0.504 e. The molecule has 46 heavy (non-hydrogen) atoms. The van der Waals surface area contributed by atoms with Crippen LogP contribution in [-0.4, -0.2) is 45.1 Å². The zero-order valence-electron chi connectivity index (χ0n) is 28.3. The number of phenols is 2. The van der Waals surface area contributed by atoms with Crippen LogP contribution in [0.3, 0.4) is 0 Å². The van der Waals surface area contributed by atoms with Gasteiger partial charge in [-0.15, -0.1) is 0 Å². The van der Waals surface area contributed by atoms with Crippen LogP contribution in [0.15, 0.2) is 36.4 Å². The minimum atomic E-state index is -0.774. The second-order valence-corrected chi connectivity index (χ2v) is 17.0. The predicted octanol–water partition coefficient (Wildman–Crippen LogP) is 7.74. The second kappa shape index (κ2) is 11.1. The summed E-state index contributed by atoms with van der Waals surface area (Å²) in [6, 6.07) is 4.39. The molecule has 5 aliphatic carbocycles. The van der Waals surface area contributed by atoms with Gasteiger partial charge in [0.1, 0.15) is 0 Å². The SMILES string of the molecule is C=C(C)[C@@H]1CC[C@]2(C(=O)O)CC[C@]3(COC(=O)/C=C/c4ccc(O)c(O)c4)C(CCC4[C@@]5(C)CC[C@H](O)C(C)(C)C5CC[C@]43C)C12. The second-order valence-electron chi connectivity index (χ2n) is 17.0. The van der Waals surface area contributed by atoms with E-state index in [9.17, 15) is 30.0 Å². The molecule has 7 nitrogen and oxygen atoms in total. The Hall–Kier alpha value is -2.80. The Morgan fingerprint density at radius 1 is 0.935 bits per heavy atom. The number of carboxylic acids is 1. The van der Waals surface area contributed by atoms with Crippen molar-refractivity contribution in [3.8, 4) is 11.5 Å². The maximum absolute atomic E-state index is 13.4. The lowest BCUT2D eigenvalue weighted by molar-refractivity contribution is -0.263. The van der Waals surface area contributed by atoms with Gasteiger partial charge in [-0.3, -0.25) is 4.79 Å². The van der Waals surface area contributed by atoms with Crippen molar-refractivity contribution in [2.75, 3.05) is 6.61 Å². The molecular weight excluding hydrogens is 580 g/mol. The van der Waals surface area contributed by atoms with E-state index in [1.165, 1.54) is 18.2 Å². The van der Waals surface area contributed by atoms with Crippen LogP contribution in [0.25, 0.3) is 6.08 Å². The molecule has 252 valence electrons. The van der Waals surface area contributed by atoms with Crippen molar-refractivity contribution in [3.05, 3.63) is 42.0 Å². The Balaban J connectivity index is 1.39. The van der Waals surface area contributed by atoms with E-state index in [-0.39, 0.29) is 63.6 Å². The van der Waals surface area contributed by atoms with Gasteiger partial charge in [-0.1, -0.05) is 45.9 Å². The van der Waals surface area contributed by atoms with E-state index < -0.39 is 17.4 Å². The molecule has 0 heterocycles. The molecule has 0 amide bonds. The Kier molecular flexibility index (Phi) is 8.02. The summed E-state index contributed by atoms with van der Waals surface area (Å²) < 4.78 is 6.25. The van der Waals surface area contributed by atoms with Crippen molar-refractivity contribution in [3.63, 3.8) is 0 Å². The van der Waals surface area contributed by atoms with Crippen molar-refractivity contribution in [1.29, 1.82) is 0 Å². The molecule has 0 radical (unpaired) electrons. The number of ether oxygens (including phenoxy) is 1. The number of aromatic hydroxyl groups is 2. The molecule has 1 aromatic rings. The number of carbonyl (C=O) groups excluding carboxylic acids is 1. The monoisotopic (exact) mass is 634 g/mol. The lowest BCUT2D eigenvalue weighted by Crippen LogP contribution is -2.69. The third kappa shape index (κ3) is 4.61. The number of hydrogen-bond donors (Lipinski definition) is 4. The van der Waals surface area contributed by atoms with Crippen molar-refractivity contribution in [2.24, 2.45) is 56.7 Å². The van der Waals surface area contributed by atoms with Gasteiger partial charge in [0, 0.05) is 11.5 Å². The molecule has 0 spiro atoms. The van der Waals surface area contributed by atoms with Crippen molar-refractivity contribution >= 4 is 18.0 Å². The molecular formula is C39H54O7. The summed E-state index contributed by atoms with van der Waals surface area (Å²) in [5, 5.41) is 41.5. The Morgan fingerprint density at radius 2 is 1.67 bits per heavy atom. The van der Waals surface area contributed by atoms with Gasteiger partial charge in [0.2, 0.25) is 0 Å². The van der Waals surface area contributed by atoms with Crippen LogP contribution in [0.1, 0.15) is 104 Å². The Labute approximate surface area is 274 Å². The molecule has 1 aromatic carbocycles. The summed E-state index contributed by atoms with van der Waals surface area (Å²) in [6.45, 7) is 16.0. The zero-order valence-corrected chi connectivity index (χ0v) is 28.3. The van der Waals surface area contributed by atoms with Gasteiger partial charge in [-0.05, 0) is 141 Å². The van der Waals surface area contributed by atoms with Crippen LogP contribution in [0.2, 0.25) is 0 Å². The molecule has 0 bridgehead atoms. The number of rotatable bonds is 6. The van der Waals surface area contributed by atoms with Crippen LogP contribution < -0.4 is 0 Å². The van der Waals surface area contributed by atoms with Gasteiger partial charge in [0.25, 0.3) is 0 Å². The first-order chi connectivity index (χ1) is 21.5. The number of aliphatic hydroxyl groups excluding tert-OH is 1. The van der Waals surface area contributed by atoms with E-state index in [1.54, 1.807) is 12.1 Å². The number of carboxylic acid groups (broad SMARTS) is 1. The predicted molar refractivity (Wildman–Crippen MR) is 177 cm³/mol. The highest BCUT2D eigenvalue weighted by atomic mass is 16.5. The van der Waals surface area contributed by atoms with E-state index in [0.29, 0.717) is 36.7 Å². The summed E-state index contributed by atoms with van der Waals surface area (Å²) >= 11 is 0. The van der Waals surface area contributed by atoms with Crippen molar-refractivity contribution < 1.29 is 34.8 Å². The van der Waals surface area contributed by atoms with E-state index in [2.05, 4.69) is 41.2 Å². The molecule has 10 atom stereocenters. The van der Waals surface area contributed by atoms with E-state index in [1.807, 2.05) is 0 Å². The third-order valence-corrected chi connectivity index (χ3v) is 15.0.